The summed E-state index contributed by atoms with van der Waals surface area (Å²) < 4.78 is 6.20. The number of thiazole rings is 1. The maximum atomic E-state index is 12.0. The summed E-state index contributed by atoms with van der Waals surface area (Å²) in [5.41, 5.74) is 0.883. The van der Waals surface area contributed by atoms with Crippen LogP contribution in [0.4, 0.5) is 5.13 Å². The van der Waals surface area contributed by atoms with Crippen molar-refractivity contribution in [2.45, 2.75) is 12.8 Å². The molecule has 0 aliphatic carbocycles. The lowest BCUT2D eigenvalue weighted by Gasteiger charge is -2.06. The lowest BCUT2D eigenvalue weighted by molar-refractivity contribution is -0.116. The second-order valence-electron chi connectivity index (χ2n) is 4.96. The van der Waals surface area contributed by atoms with Crippen molar-refractivity contribution in [2.24, 2.45) is 5.92 Å². The highest BCUT2D eigenvalue weighted by atomic mass is 32.1. The van der Waals surface area contributed by atoms with Crippen molar-refractivity contribution in [1.29, 1.82) is 0 Å². The summed E-state index contributed by atoms with van der Waals surface area (Å²) in [4.78, 5) is 16.4. The summed E-state index contributed by atoms with van der Waals surface area (Å²) in [5.74, 6) is 1.30. The molecule has 0 saturated carbocycles. The second kappa shape index (κ2) is 5.76. The lowest BCUT2D eigenvalue weighted by atomic mass is 10.1. The van der Waals surface area contributed by atoms with E-state index in [1.54, 1.807) is 7.11 Å². The molecule has 0 spiro atoms. The molecule has 2 aromatic rings. The van der Waals surface area contributed by atoms with E-state index >= 15 is 0 Å². The van der Waals surface area contributed by atoms with Gasteiger partial charge >= 0.3 is 0 Å². The number of hydrogen-bond donors (Lipinski definition) is 2. The van der Waals surface area contributed by atoms with Crippen LogP contribution in [0.3, 0.4) is 0 Å². The number of methoxy groups -OCH3 is 1. The van der Waals surface area contributed by atoms with Crippen molar-refractivity contribution in [2.75, 3.05) is 25.5 Å². The molecule has 1 fully saturated rings. The summed E-state index contributed by atoms with van der Waals surface area (Å²) in [6, 6.07) is 5.71. The first-order chi connectivity index (χ1) is 9.74. The van der Waals surface area contributed by atoms with Crippen LogP contribution in [-0.4, -0.2) is 31.1 Å². The van der Waals surface area contributed by atoms with Crippen molar-refractivity contribution in [3.63, 3.8) is 0 Å². The Kier molecular flexibility index (Phi) is 3.84. The summed E-state index contributed by atoms with van der Waals surface area (Å²) in [5, 5.41) is 6.82. The summed E-state index contributed by atoms with van der Waals surface area (Å²) in [7, 11) is 1.64. The zero-order valence-corrected chi connectivity index (χ0v) is 12.1. The smallest absolute Gasteiger partial charge is 0.226 e. The zero-order chi connectivity index (χ0) is 13.9. The van der Waals surface area contributed by atoms with Crippen molar-refractivity contribution < 1.29 is 9.53 Å². The van der Waals surface area contributed by atoms with Gasteiger partial charge in [0.1, 0.15) is 5.75 Å². The van der Waals surface area contributed by atoms with Crippen molar-refractivity contribution in [3.05, 3.63) is 18.2 Å². The van der Waals surface area contributed by atoms with Crippen molar-refractivity contribution >= 4 is 32.6 Å². The van der Waals surface area contributed by atoms with Crippen LogP contribution in [0, 0.1) is 5.92 Å². The first kappa shape index (κ1) is 13.3. The fourth-order valence-electron chi connectivity index (χ4n) is 2.41. The van der Waals surface area contributed by atoms with Gasteiger partial charge in [0.2, 0.25) is 5.91 Å². The summed E-state index contributed by atoms with van der Waals surface area (Å²) in [6.45, 7) is 1.95. The molecule has 2 heterocycles. The third kappa shape index (κ3) is 2.91. The van der Waals surface area contributed by atoms with E-state index < -0.39 is 0 Å². The third-order valence-corrected chi connectivity index (χ3v) is 4.41. The van der Waals surface area contributed by atoms with E-state index in [1.165, 1.54) is 11.3 Å². The highest BCUT2D eigenvalue weighted by Crippen LogP contribution is 2.29. The molecule has 1 aromatic carbocycles. The first-order valence-corrected chi connectivity index (χ1v) is 7.51. The third-order valence-electron chi connectivity index (χ3n) is 3.48. The Hall–Kier alpha value is -1.66. The van der Waals surface area contributed by atoms with Crippen LogP contribution < -0.4 is 15.4 Å². The lowest BCUT2D eigenvalue weighted by Crippen LogP contribution is -2.18. The van der Waals surface area contributed by atoms with Crippen molar-refractivity contribution in [1.82, 2.24) is 10.3 Å². The molecule has 106 valence electrons. The standard InChI is InChI=1S/C14H17N3O2S/c1-19-10-2-3-11-12(7-10)20-14(16-11)17-13(18)6-9-4-5-15-8-9/h2-3,7,9,15H,4-6,8H2,1H3,(H,16,17,18). The van der Waals surface area contributed by atoms with Crippen LogP contribution >= 0.6 is 11.3 Å². The molecule has 0 bridgehead atoms. The monoisotopic (exact) mass is 291 g/mol. The van der Waals surface area contributed by atoms with Crippen molar-refractivity contribution in [3.8, 4) is 5.75 Å². The minimum Gasteiger partial charge on any atom is -0.497 e. The number of nitrogens with zero attached hydrogens (tertiary/aromatic N) is 1. The highest BCUT2D eigenvalue weighted by molar-refractivity contribution is 7.22. The Morgan fingerprint density at radius 3 is 3.25 bits per heavy atom. The Morgan fingerprint density at radius 2 is 2.50 bits per heavy atom. The van der Waals surface area contributed by atoms with Gasteiger partial charge in [0.25, 0.3) is 0 Å². The maximum Gasteiger partial charge on any atom is 0.226 e. The quantitative estimate of drug-likeness (QED) is 0.907. The minimum absolute atomic E-state index is 0.0460. The van der Waals surface area contributed by atoms with E-state index in [0.717, 1.165) is 35.5 Å². The SMILES string of the molecule is COc1ccc2nc(NC(=O)CC3CCNC3)sc2c1. The van der Waals surface area contributed by atoms with E-state index in [-0.39, 0.29) is 5.91 Å². The molecule has 1 atom stereocenters. The van der Waals surface area contributed by atoms with Gasteiger partial charge in [-0.05, 0) is 43.6 Å². The molecule has 0 radical (unpaired) electrons. The molecule has 1 aliphatic rings. The van der Waals surface area contributed by atoms with Crippen LogP contribution in [0.2, 0.25) is 0 Å². The fraction of sp³-hybridized carbons (Fsp3) is 0.429. The molecule has 5 nitrogen and oxygen atoms in total. The maximum absolute atomic E-state index is 12.0. The van der Waals surface area contributed by atoms with E-state index in [1.807, 2.05) is 18.2 Å². The predicted molar refractivity (Wildman–Crippen MR) is 80.4 cm³/mol. The summed E-state index contributed by atoms with van der Waals surface area (Å²) in [6.07, 6.45) is 1.64. The molecule has 2 N–H and O–H groups in total. The number of carbonyl (C=O) groups excluding carboxylic acids is 1. The van der Waals surface area contributed by atoms with Gasteiger partial charge in [-0.3, -0.25) is 4.79 Å². The fourth-order valence-corrected chi connectivity index (χ4v) is 3.32. The largest absolute Gasteiger partial charge is 0.497 e. The van der Waals surface area contributed by atoms with Gasteiger partial charge in [0, 0.05) is 6.42 Å². The highest BCUT2D eigenvalue weighted by Gasteiger charge is 2.18. The Morgan fingerprint density at radius 1 is 1.60 bits per heavy atom. The van der Waals surface area contributed by atoms with Gasteiger partial charge in [-0.2, -0.15) is 0 Å². The molecule has 20 heavy (non-hydrogen) atoms. The normalized spacial score (nSPS) is 18.4. The van der Waals surface area contributed by atoms with Gasteiger partial charge in [-0.1, -0.05) is 11.3 Å². The number of benzene rings is 1. The van der Waals surface area contributed by atoms with Gasteiger partial charge in [0.15, 0.2) is 5.13 Å². The Bertz CT molecular complexity index is 620. The molecule has 1 saturated heterocycles. The summed E-state index contributed by atoms with van der Waals surface area (Å²) >= 11 is 1.47. The molecule has 1 unspecified atom stereocenters. The topological polar surface area (TPSA) is 63.2 Å². The number of ether oxygens (including phenoxy) is 1. The number of carbonyl (C=O) groups is 1. The number of hydrogen-bond acceptors (Lipinski definition) is 5. The molecule has 1 aromatic heterocycles. The molecular weight excluding hydrogens is 274 g/mol. The van der Waals surface area contributed by atoms with E-state index in [9.17, 15) is 4.79 Å². The van der Waals surface area contributed by atoms with E-state index in [2.05, 4.69) is 15.6 Å². The van der Waals surface area contributed by atoms with Crippen LogP contribution in [0.15, 0.2) is 18.2 Å². The number of fused-ring (bicyclic) bond motifs is 1. The van der Waals surface area contributed by atoms with E-state index in [0.29, 0.717) is 17.5 Å². The molecule has 3 rings (SSSR count). The Balaban J connectivity index is 1.68. The zero-order valence-electron chi connectivity index (χ0n) is 11.3. The minimum atomic E-state index is 0.0460. The van der Waals surface area contributed by atoms with Crippen LogP contribution in [0.25, 0.3) is 10.2 Å². The first-order valence-electron chi connectivity index (χ1n) is 6.70. The Labute approximate surface area is 121 Å². The van der Waals surface area contributed by atoms with Crippen LogP contribution in [0.1, 0.15) is 12.8 Å². The number of aromatic nitrogens is 1. The number of rotatable bonds is 4. The van der Waals surface area contributed by atoms with Gasteiger partial charge in [-0.15, -0.1) is 0 Å². The van der Waals surface area contributed by atoms with Gasteiger partial charge in [-0.25, -0.2) is 4.98 Å². The number of amides is 1. The van der Waals surface area contributed by atoms with Crippen LogP contribution in [-0.2, 0) is 4.79 Å². The van der Waals surface area contributed by atoms with Crippen LogP contribution in [0.5, 0.6) is 5.75 Å². The molecular formula is C14H17N3O2S. The van der Waals surface area contributed by atoms with Gasteiger partial charge < -0.3 is 15.4 Å². The second-order valence-corrected chi connectivity index (χ2v) is 5.99. The predicted octanol–water partition coefficient (Wildman–Crippen LogP) is 2.24. The molecule has 6 heteroatoms. The number of nitrogens with one attached hydrogen (secondary N) is 2. The van der Waals surface area contributed by atoms with Gasteiger partial charge in [0.05, 0.1) is 17.3 Å². The molecule has 1 aliphatic heterocycles. The molecule has 1 amide bonds. The van der Waals surface area contributed by atoms with E-state index in [4.69, 9.17) is 4.74 Å². The average Bonchev–Trinajstić information content (AvgIpc) is 3.06. The average molecular weight is 291 g/mol. The number of anilines is 1.